The zero-order valence-electron chi connectivity index (χ0n) is 11.1. The van der Waals surface area contributed by atoms with Crippen LogP contribution in [0.15, 0.2) is 29.4 Å². The summed E-state index contributed by atoms with van der Waals surface area (Å²) in [5.74, 6) is -0.349. The number of anilines is 1. The standard InChI is InChI=1S/C14H18N2O3/c1-3-8-16-12-7-5-4-6-11(12)14(18,13(16)17)9-10(2)15-19/h4-7,18-19H,3,8-9H2,1-2H3/b15-10+. The fourth-order valence-electron chi connectivity index (χ4n) is 2.53. The van der Waals surface area contributed by atoms with Gasteiger partial charge in [0, 0.05) is 18.5 Å². The molecule has 0 saturated carbocycles. The molecule has 0 bridgehead atoms. The first kappa shape index (κ1) is 13.5. The summed E-state index contributed by atoms with van der Waals surface area (Å²) in [7, 11) is 0. The van der Waals surface area contributed by atoms with Crippen molar-refractivity contribution in [2.24, 2.45) is 5.16 Å². The number of amides is 1. The minimum absolute atomic E-state index is 0.000436. The minimum Gasteiger partial charge on any atom is -0.411 e. The van der Waals surface area contributed by atoms with Crippen LogP contribution in [0.5, 0.6) is 0 Å². The Morgan fingerprint density at radius 1 is 1.42 bits per heavy atom. The molecule has 0 aromatic heterocycles. The number of nitrogens with zero attached hydrogens (tertiary/aromatic N) is 2. The van der Waals surface area contributed by atoms with Gasteiger partial charge < -0.3 is 15.2 Å². The van der Waals surface area contributed by atoms with E-state index in [2.05, 4.69) is 5.16 Å². The van der Waals surface area contributed by atoms with Crippen molar-refractivity contribution in [3.05, 3.63) is 29.8 Å². The molecule has 2 rings (SSSR count). The monoisotopic (exact) mass is 262 g/mol. The van der Waals surface area contributed by atoms with E-state index in [1.54, 1.807) is 24.0 Å². The van der Waals surface area contributed by atoms with Gasteiger partial charge in [-0.2, -0.15) is 0 Å². The third-order valence-corrected chi connectivity index (χ3v) is 3.37. The molecule has 1 aromatic rings. The van der Waals surface area contributed by atoms with Crippen LogP contribution in [0, 0.1) is 0 Å². The van der Waals surface area contributed by atoms with Crippen molar-refractivity contribution in [2.75, 3.05) is 11.4 Å². The van der Waals surface area contributed by atoms with Gasteiger partial charge in [-0.1, -0.05) is 30.3 Å². The first-order chi connectivity index (χ1) is 9.04. The first-order valence-electron chi connectivity index (χ1n) is 6.36. The summed E-state index contributed by atoms with van der Waals surface area (Å²) in [6, 6.07) is 7.20. The summed E-state index contributed by atoms with van der Waals surface area (Å²) >= 11 is 0. The lowest BCUT2D eigenvalue weighted by Crippen LogP contribution is -2.41. The predicted octanol–water partition coefficient (Wildman–Crippen LogP) is 1.87. The van der Waals surface area contributed by atoms with Gasteiger partial charge in [-0.05, 0) is 19.4 Å². The molecule has 0 spiro atoms. The SMILES string of the molecule is CCCN1C(=O)C(O)(C/C(C)=N/O)c2ccccc21. The average molecular weight is 262 g/mol. The van der Waals surface area contributed by atoms with Crippen LogP contribution < -0.4 is 4.90 Å². The predicted molar refractivity (Wildman–Crippen MR) is 72.5 cm³/mol. The molecular formula is C14H18N2O3. The van der Waals surface area contributed by atoms with Crippen molar-refractivity contribution >= 4 is 17.3 Å². The zero-order chi connectivity index (χ0) is 14.0. The van der Waals surface area contributed by atoms with E-state index >= 15 is 0 Å². The van der Waals surface area contributed by atoms with Crippen molar-refractivity contribution in [3.8, 4) is 0 Å². The molecule has 0 aliphatic carbocycles. The first-order valence-corrected chi connectivity index (χ1v) is 6.36. The molecule has 102 valence electrons. The number of benzene rings is 1. The molecular weight excluding hydrogens is 244 g/mol. The van der Waals surface area contributed by atoms with Crippen LogP contribution in [0.2, 0.25) is 0 Å². The highest BCUT2D eigenvalue weighted by molar-refractivity contribution is 6.09. The van der Waals surface area contributed by atoms with E-state index in [0.717, 1.165) is 12.1 Å². The number of hydrogen-bond acceptors (Lipinski definition) is 4. The number of oxime groups is 1. The molecule has 1 aliphatic heterocycles. The lowest BCUT2D eigenvalue weighted by molar-refractivity contribution is -0.135. The number of para-hydroxylation sites is 1. The number of aliphatic hydroxyl groups is 1. The quantitative estimate of drug-likeness (QED) is 0.494. The maximum Gasteiger partial charge on any atom is 0.264 e. The van der Waals surface area contributed by atoms with E-state index in [9.17, 15) is 9.90 Å². The Morgan fingerprint density at radius 2 is 2.11 bits per heavy atom. The summed E-state index contributed by atoms with van der Waals surface area (Å²) in [5, 5.41) is 22.6. The fraction of sp³-hybridized carbons (Fsp3) is 0.429. The van der Waals surface area contributed by atoms with Gasteiger partial charge in [-0.25, -0.2) is 0 Å². The summed E-state index contributed by atoms with van der Waals surface area (Å²) in [6.07, 6.45) is 0.808. The lowest BCUT2D eigenvalue weighted by atomic mass is 9.90. The van der Waals surface area contributed by atoms with Crippen LogP contribution in [0.1, 0.15) is 32.3 Å². The normalized spacial score (nSPS) is 22.8. The number of carbonyl (C=O) groups excluding carboxylic acids is 1. The topological polar surface area (TPSA) is 73.1 Å². The van der Waals surface area contributed by atoms with Gasteiger partial charge >= 0.3 is 0 Å². The van der Waals surface area contributed by atoms with E-state index in [1.165, 1.54) is 0 Å². The van der Waals surface area contributed by atoms with E-state index in [1.807, 2.05) is 19.1 Å². The van der Waals surface area contributed by atoms with Crippen LogP contribution >= 0.6 is 0 Å². The molecule has 1 aliphatic rings. The molecule has 5 heteroatoms. The molecule has 0 saturated heterocycles. The maximum absolute atomic E-state index is 12.5. The largest absolute Gasteiger partial charge is 0.411 e. The summed E-state index contributed by atoms with van der Waals surface area (Å²) < 4.78 is 0. The summed E-state index contributed by atoms with van der Waals surface area (Å²) in [4.78, 5) is 14.1. The summed E-state index contributed by atoms with van der Waals surface area (Å²) in [5.41, 5.74) is 0.0188. The van der Waals surface area contributed by atoms with E-state index in [0.29, 0.717) is 17.8 Å². The molecule has 1 atom stereocenters. The van der Waals surface area contributed by atoms with Gasteiger partial charge in [0.15, 0.2) is 5.60 Å². The molecule has 1 aromatic carbocycles. The van der Waals surface area contributed by atoms with Gasteiger partial charge in [0.05, 0.1) is 11.4 Å². The van der Waals surface area contributed by atoms with Crippen LogP contribution in [-0.4, -0.2) is 28.5 Å². The molecule has 2 N–H and O–H groups in total. The molecule has 19 heavy (non-hydrogen) atoms. The third kappa shape index (κ3) is 2.10. The molecule has 0 fully saturated rings. The van der Waals surface area contributed by atoms with Gasteiger partial charge in [-0.3, -0.25) is 4.79 Å². The highest BCUT2D eigenvalue weighted by Gasteiger charge is 2.49. The van der Waals surface area contributed by atoms with Crippen LogP contribution in [0.3, 0.4) is 0 Å². The Balaban J connectivity index is 2.48. The minimum atomic E-state index is -1.62. The van der Waals surface area contributed by atoms with E-state index in [4.69, 9.17) is 5.21 Å². The number of hydrogen-bond donors (Lipinski definition) is 2. The van der Waals surface area contributed by atoms with E-state index in [-0.39, 0.29) is 12.3 Å². The van der Waals surface area contributed by atoms with Crippen molar-refractivity contribution < 1.29 is 15.1 Å². The Labute approximate surface area is 112 Å². The van der Waals surface area contributed by atoms with Gasteiger partial charge in [-0.15, -0.1) is 0 Å². The fourth-order valence-corrected chi connectivity index (χ4v) is 2.53. The second-order valence-corrected chi connectivity index (χ2v) is 4.85. The number of rotatable bonds is 4. The molecule has 0 radical (unpaired) electrons. The van der Waals surface area contributed by atoms with Crippen LogP contribution in [-0.2, 0) is 10.4 Å². The Bertz CT molecular complexity index is 527. The Morgan fingerprint density at radius 3 is 2.74 bits per heavy atom. The van der Waals surface area contributed by atoms with Crippen LogP contribution in [0.4, 0.5) is 5.69 Å². The van der Waals surface area contributed by atoms with Crippen molar-refractivity contribution in [2.45, 2.75) is 32.3 Å². The highest BCUT2D eigenvalue weighted by atomic mass is 16.4. The zero-order valence-corrected chi connectivity index (χ0v) is 11.1. The highest BCUT2D eigenvalue weighted by Crippen LogP contribution is 2.42. The van der Waals surface area contributed by atoms with Crippen molar-refractivity contribution in [3.63, 3.8) is 0 Å². The van der Waals surface area contributed by atoms with Gasteiger partial charge in [0.2, 0.25) is 0 Å². The molecule has 1 amide bonds. The molecule has 5 nitrogen and oxygen atoms in total. The number of carbonyl (C=O) groups is 1. The van der Waals surface area contributed by atoms with Gasteiger partial charge in [0.25, 0.3) is 5.91 Å². The smallest absolute Gasteiger partial charge is 0.264 e. The second kappa shape index (κ2) is 5.01. The Hall–Kier alpha value is -1.88. The summed E-state index contributed by atoms with van der Waals surface area (Å²) in [6.45, 7) is 4.12. The molecule has 1 unspecified atom stereocenters. The third-order valence-electron chi connectivity index (χ3n) is 3.37. The Kier molecular flexibility index (Phi) is 3.57. The van der Waals surface area contributed by atoms with Crippen LogP contribution in [0.25, 0.3) is 0 Å². The number of fused-ring (bicyclic) bond motifs is 1. The maximum atomic E-state index is 12.5. The average Bonchev–Trinajstić information content (AvgIpc) is 2.62. The van der Waals surface area contributed by atoms with Gasteiger partial charge in [0.1, 0.15) is 0 Å². The van der Waals surface area contributed by atoms with Crippen molar-refractivity contribution in [1.82, 2.24) is 0 Å². The molecule has 1 heterocycles. The lowest BCUT2D eigenvalue weighted by Gasteiger charge is -2.22. The second-order valence-electron chi connectivity index (χ2n) is 4.85. The van der Waals surface area contributed by atoms with E-state index < -0.39 is 5.60 Å². The van der Waals surface area contributed by atoms with Crippen molar-refractivity contribution in [1.29, 1.82) is 0 Å².